The Morgan fingerprint density at radius 3 is 2.23 bits per heavy atom. The van der Waals surface area contributed by atoms with Crippen LogP contribution in [0.4, 0.5) is 0 Å². The molecule has 22 heavy (non-hydrogen) atoms. The molecule has 0 saturated heterocycles. The zero-order valence-corrected chi connectivity index (χ0v) is 14.5. The minimum atomic E-state index is -1.28. The molecule has 0 bridgehead atoms. The number of rotatable bonds is 7. The average molecular weight is 321 g/mol. The molecule has 1 aromatic carbocycles. The van der Waals surface area contributed by atoms with Gasteiger partial charge in [-0.05, 0) is 30.7 Å². The molecule has 0 unspecified atom stereocenters. The molecule has 0 aliphatic carbocycles. The quantitative estimate of drug-likeness (QED) is 0.275. The van der Waals surface area contributed by atoms with Crippen LogP contribution in [0.3, 0.4) is 0 Å². The molecule has 0 spiro atoms. The molecule has 0 fully saturated rings. The first kappa shape index (κ1) is 18.0. The lowest BCUT2D eigenvalue weighted by molar-refractivity contribution is -0.139. The Bertz CT molecular complexity index is 559. The molecule has 0 saturated carbocycles. The normalized spacial score (nSPS) is 11.9. The van der Waals surface area contributed by atoms with Crippen LogP contribution in [0.5, 0.6) is 5.75 Å². The van der Waals surface area contributed by atoms with E-state index in [1.807, 2.05) is 0 Å². The molecular weight excluding hydrogens is 298 g/mol. The van der Waals surface area contributed by atoms with Gasteiger partial charge in [-0.15, -0.1) is 0 Å². The number of esters is 1. The topological polar surface area (TPSA) is 78.6 Å². The second-order valence-electron chi connectivity index (χ2n) is 6.06. The van der Waals surface area contributed by atoms with Crippen molar-refractivity contribution in [2.45, 2.75) is 26.6 Å². The molecule has 0 aliphatic rings. The third-order valence-electron chi connectivity index (χ3n) is 2.62. The van der Waals surface area contributed by atoms with Crippen molar-refractivity contribution < 1.29 is 19.1 Å². The summed E-state index contributed by atoms with van der Waals surface area (Å²) in [6.45, 7) is 8.53. The number of amides is 1. The van der Waals surface area contributed by atoms with Crippen LogP contribution in [0.2, 0.25) is 19.6 Å². The Kier molecular flexibility index (Phi) is 6.36. The summed E-state index contributed by atoms with van der Waals surface area (Å²) in [5.41, 5.74) is 5.73. The zero-order chi connectivity index (χ0) is 16.8. The molecule has 0 aliphatic heterocycles. The van der Waals surface area contributed by atoms with Gasteiger partial charge in [-0.2, -0.15) is 0 Å². The van der Waals surface area contributed by atoms with E-state index in [9.17, 15) is 9.59 Å². The van der Waals surface area contributed by atoms with E-state index in [0.29, 0.717) is 5.56 Å². The summed E-state index contributed by atoms with van der Waals surface area (Å²) in [5.74, 6) is -0.761. The van der Waals surface area contributed by atoms with Crippen molar-refractivity contribution >= 4 is 26.0 Å². The van der Waals surface area contributed by atoms with Crippen molar-refractivity contribution in [2.75, 3.05) is 12.8 Å². The van der Waals surface area contributed by atoms with Gasteiger partial charge in [0.2, 0.25) is 0 Å². The van der Waals surface area contributed by atoms with Crippen molar-refractivity contribution in [3.8, 4) is 5.75 Å². The minimum Gasteiger partial charge on any atom is -0.497 e. The highest BCUT2D eigenvalue weighted by Gasteiger charge is 2.17. The first-order valence-corrected chi connectivity index (χ1v) is 10.8. The fourth-order valence-corrected chi connectivity index (χ4v) is 2.17. The van der Waals surface area contributed by atoms with Gasteiger partial charge in [0, 0.05) is 0 Å². The summed E-state index contributed by atoms with van der Waals surface area (Å²) in [4.78, 5) is 23.0. The van der Waals surface area contributed by atoms with Crippen molar-refractivity contribution in [1.29, 1.82) is 0 Å². The molecule has 120 valence electrons. The Labute approximate surface area is 132 Å². The fourth-order valence-electron chi connectivity index (χ4n) is 1.57. The number of hydrogen-bond donors (Lipinski definition) is 1. The van der Waals surface area contributed by atoms with Gasteiger partial charge < -0.3 is 15.2 Å². The Hall–Kier alpha value is -2.08. The molecule has 2 N–H and O–H groups in total. The first-order valence-electron chi connectivity index (χ1n) is 7.14. The van der Waals surface area contributed by atoms with Crippen LogP contribution in [0.15, 0.2) is 29.8 Å². The van der Waals surface area contributed by atoms with E-state index >= 15 is 0 Å². The number of benzene rings is 1. The Morgan fingerprint density at radius 1 is 1.18 bits per heavy atom. The zero-order valence-electron chi connectivity index (χ0n) is 13.5. The molecule has 6 heteroatoms. The highest BCUT2D eigenvalue weighted by molar-refractivity contribution is 6.76. The van der Waals surface area contributed by atoms with E-state index in [0.717, 1.165) is 12.0 Å². The van der Waals surface area contributed by atoms with Gasteiger partial charge in [-0.25, -0.2) is 4.79 Å². The smallest absolute Gasteiger partial charge is 0.343 e. The van der Waals surface area contributed by atoms with Crippen molar-refractivity contribution in [3.63, 3.8) is 0 Å². The predicted molar refractivity (Wildman–Crippen MR) is 89.1 cm³/mol. The molecule has 0 aromatic heterocycles. The summed E-state index contributed by atoms with van der Waals surface area (Å²) < 4.78 is 10.5. The van der Waals surface area contributed by atoms with Crippen LogP contribution in [-0.2, 0) is 14.3 Å². The molecule has 1 amide bonds. The van der Waals surface area contributed by atoms with Gasteiger partial charge in [-0.3, -0.25) is 4.79 Å². The molecule has 0 atom stereocenters. The van der Waals surface area contributed by atoms with Gasteiger partial charge in [0.15, 0.2) is 0 Å². The summed E-state index contributed by atoms with van der Waals surface area (Å²) in [6.07, 6.45) is 2.15. The highest BCUT2D eigenvalue weighted by Crippen LogP contribution is 2.16. The molecule has 1 rings (SSSR count). The van der Waals surface area contributed by atoms with E-state index in [2.05, 4.69) is 19.6 Å². The summed E-state index contributed by atoms with van der Waals surface area (Å²) in [6, 6.07) is 7.13. The second-order valence-corrected chi connectivity index (χ2v) is 11.5. The van der Waals surface area contributed by atoms with Gasteiger partial charge in [0.25, 0.3) is 5.91 Å². The number of nitrogens with two attached hydrogens (primary N) is 1. The third-order valence-corrected chi connectivity index (χ3v) is 3.63. The number of carbonyl (C=O) groups excluding carboxylic acids is 2. The molecule has 0 radical (unpaired) electrons. The van der Waals surface area contributed by atoms with Crippen LogP contribution in [0.1, 0.15) is 12.5 Å². The number of carbonyl (C=O) groups is 2. The lowest BCUT2D eigenvalue weighted by atomic mass is 10.1. The van der Waals surface area contributed by atoms with E-state index < -0.39 is 20.0 Å². The van der Waals surface area contributed by atoms with E-state index in [4.69, 9.17) is 15.2 Å². The SMILES string of the molecule is CCOC(=O)/C(=C\c1ccc(OC[Si](C)(C)C)cc1)C(N)=O. The first-order chi connectivity index (χ1) is 10.2. The van der Waals surface area contributed by atoms with E-state index in [1.165, 1.54) is 6.08 Å². The second kappa shape index (κ2) is 7.79. The highest BCUT2D eigenvalue weighted by atomic mass is 28.3. The Morgan fingerprint density at radius 2 is 1.77 bits per heavy atom. The standard InChI is InChI=1S/C16H23NO4Si/c1-5-20-16(19)14(15(17)18)10-12-6-8-13(9-7-12)21-11-22(2,3)4/h6-10H,5,11H2,1-4H3,(H2,17,18)/b14-10-. The summed E-state index contributed by atoms with van der Waals surface area (Å²) in [7, 11) is -1.28. The van der Waals surface area contributed by atoms with Gasteiger partial charge >= 0.3 is 5.97 Å². The minimum absolute atomic E-state index is 0.169. The number of primary amides is 1. The molecule has 0 heterocycles. The number of hydrogen-bond acceptors (Lipinski definition) is 4. The maximum Gasteiger partial charge on any atom is 0.343 e. The lowest BCUT2D eigenvalue weighted by Crippen LogP contribution is -2.29. The maximum absolute atomic E-state index is 11.7. The van der Waals surface area contributed by atoms with Crippen LogP contribution < -0.4 is 10.5 Å². The van der Waals surface area contributed by atoms with E-state index in [-0.39, 0.29) is 12.2 Å². The molecular formula is C16H23NO4Si. The number of ether oxygens (including phenoxy) is 2. The molecule has 1 aromatic rings. The monoisotopic (exact) mass is 321 g/mol. The van der Waals surface area contributed by atoms with Crippen LogP contribution in [0, 0.1) is 0 Å². The third kappa shape index (κ3) is 6.13. The predicted octanol–water partition coefficient (Wildman–Crippen LogP) is 2.37. The van der Waals surface area contributed by atoms with Gasteiger partial charge in [0.05, 0.1) is 20.9 Å². The van der Waals surface area contributed by atoms with Crippen LogP contribution in [0.25, 0.3) is 6.08 Å². The van der Waals surface area contributed by atoms with Crippen molar-refractivity contribution in [3.05, 3.63) is 35.4 Å². The summed E-state index contributed by atoms with van der Waals surface area (Å²) >= 11 is 0. The Balaban J connectivity index is 2.86. The van der Waals surface area contributed by atoms with Crippen molar-refractivity contribution in [2.24, 2.45) is 5.73 Å². The van der Waals surface area contributed by atoms with Crippen LogP contribution >= 0.6 is 0 Å². The van der Waals surface area contributed by atoms with E-state index in [1.54, 1.807) is 31.2 Å². The summed E-state index contributed by atoms with van der Waals surface area (Å²) in [5, 5.41) is 0. The average Bonchev–Trinajstić information content (AvgIpc) is 2.42. The largest absolute Gasteiger partial charge is 0.497 e. The fraction of sp³-hybridized carbons (Fsp3) is 0.375. The molecule has 5 nitrogen and oxygen atoms in total. The van der Waals surface area contributed by atoms with Gasteiger partial charge in [0.1, 0.15) is 11.3 Å². The van der Waals surface area contributed by atoms with Crippen molar-refractivity contribution in [1.82, 2.24) is 0 Å². The van der Waals surface area contributed by atoms with Crippen LogP contribution in [-0.4, -0.2) is 32.8 Å². The lowest BCUT2D eigenvalue weighted by Gasteiger charge is -2.16. The maximum atomic E-state index is 11.7. The van der Waals surface area contributed by atoms with Gasteiger partial charge in [-0.1, -0.05) is 31.8 Å².